The van der Waals surface area contributed by atoms with E-state index in [2.05, 4.69) is 15.9 Å². The molecular weight excluding hydrogens is 359 g/mol. The van der Waals surface area contributed by atoms with Crippen molar-refractivity contribution >= 4 is 49.0 Å². The Morgan fingerprint density at radius 2 is 1.83 bits per heavy atom. The fraction of sp³-hybridized carbons (Fsp3) is 0.500. The lowest BCUT2D eigenvalue weighted by atomic mass is 10.0. The summed E-state index contributed by atoms with van der Waals surface area (Å²) in [4.78, 5) is 0.225. The number of rotatable bonds is 5. The average Bonchev–Trinajstić information content (AvgIpc) is 2.29. The lowest BCUT2D eigenvalue weighted by molar-refractivity contribution is 0.462. The van der Waals surface area contributed by atoms with Crippen molar-refractivity contribution in [2.45, 2.75) is 18.7 Å². The molecule has 2 nitrogen and oxygen atoms in total. The van der Waals surface area contributed by atoms with E-state index < -0.39 is 9.84 Å². The standard InChI is InChI=1S/C12H15BrCl2O2S/c1-8(2)9(6-13)7-18(16,17)10-3-4-11(14)12(15)5-10/h3-5,8-9H,6-7H2,1-2H3. The minimum Gasteiger partial charge on any atom is -0.224 e. The Kier molecular flexibility index (Phi) is 5.97. The summed E-state index contributed by atoms with van der Waals surface area (Å²) in [7, 11) is -3.33. The first-order chi connectivity index (χ1) is 8.27. The van der Waals surface area contributed by atoms with Crippen LogP contribution >= 0.6 is 39.1 Å². The van der Waals surface area contributed by atoms with Crippen LogP contribution in [0.1, 0.15) is 13.8 Å². The zero-order valence-electron chi connectivity index (χ0n) is 10.2. The summed E-state index contributed by atoms with van der Waals surface area (Å²) < 4.78 is 24.5. The van der Waals surface area contributed by atoms with Gasteiger partial charge in [-0.1, -0.05) is 53.0 Å². The van der Waals surface area contributed by atoms with E-state index in [0.29, 0.717) is 16.3 Å². The molecule has 0 aromatic heterocycles. The molecule has 1 aromatic rings. The third kappa shape index (κ3) is 4.12. The minimum atomic E-state index is -3.33. The first kappa shape index (κ1) is 16.3. The van der Waals surface area contributed by atoms with Crippen LogP contribution in [0.25, 0.3) is 0 Å². The second-order valence-electron chi connectivity index (χ2n) is 4.52. The molecule has 0 heterocycles. The van der Waals surface area contributed by atoms with Crippen LogP contribution < -0.4 is 0 Å². The molecule has 6 heteroatoms. The smallest absolute Gasteiger partial charge is 0.178 e. The normalized spacial score (nSPS) is 13.9. The monoisotopic (exact) mass is 372 g/mol. The highest BCUT2D eigenvalue weighted by molar-refractivity contribution is 9.09. The van der Waals surface area contributed by atoms with Crippen LogP contribution in [0, 0.1) is 11.8 Å². The van der Waals surface area contributed by atoms with Crippen LogP contribution in [0.15, 0.2) is 23.1 Å². The highest BCUT2D eigenvalue weighted by atomic mass is 79.9. The number of hydrogen-bond donors (Lipinski definition) is 0. The summed E-state index contributed by atoms with van der Waals surface area (Å²) in [5, 5.41) is 1.28. The zero-order valence-corrected chi connectivity index (χ0v) is 14.1. The number of hydrogen-bond acceptors (Lipinski definition) is 2. The third-order valence-corrected chi connectivity index (χ3v) is 6.23. The molecule has 0 saturated carbocycles. The molecule has 0 amide bonds. The number of sulfone groups is 1. The van der Waals surface area contributed by atoms with Gasteiger partial charge in [0.25, 0.3) is 0 Å². The van der Waals surface area contributed by atoms with Crippen LogP contribution in [0.4, 0.5) is 0 Å². The second-order valence-corrected chi connectivity index (χ2v) is 8.01. The van der Waals surface area contributed by atoms with Crippen molar-refractivity contribution in [3.8, 4) is 0 Å². The Hall–Kier alpha value is 0.230. The molecule has 0 spiro atoms. The molecule has 0 saturated heterocycles. The number of benzene rings is 1. The van der Waals surface area contributed by atoms with Crippen molar-refractivity contribution in [1.82, 2.24) is 0 Å². The van der Waals surface area contributed by atoms with Gasteiger partial charge in [0.15, 0.2) is 9.84 Å². The molecular formula is C12H15BrCl2O2S. The maximum Gasteiger partial charge on any atom is 0.178 e. The Balaban J connectivity index is 3.02. The van der Waals surface area contributed by atoms with E-state index in [1.807, 2.05) is 13.8 Å². The first-order valence-corrected chi connectivity index (χ1v) is 9.04. The molecule has 18 heavy (non-hydrogen) atoms. The fourth-order valence-electron chi connectivity index (χ4n) is 1.46. The number of halogens is 3. The molecule has 0 N–H and O–H groups in total. The van der Waals surface area contributed by atoms with Gasteiger partial charge in [0.05, 0.1) is 20.7 Å². The maximum absolute atomic E-state index is 12.2. The lowest BCUT2D eigenvalue weighted by Gasteiger charge is -2.18. The van der Waals surface area contributed by atoms with E-state index in [9.17, 15) is 8.42 Å². The first-order valence-electron chi connectivity index (χ1n) is 5.51. The van der Waals surface area contributed by atoms with Crippen LogP contribution in [-0.2, 0) is 9.84 Å². The zero-order chi connectivity index (χ0) is 13.9. The fourth-order valence-corrected chi connectivity index (χ4v) is 4.94. The van der Waals surface area contributed by atoms with Crippen LogP contribution in [0.3, 0.4) is 0 Å². The topological polar surface area (TPSA) is 34.1 Å². The molecule has 1 atom stereocenters. The van der Waals surface area contributed by atoms with Gasteiger partial charge in [-0.25, -0.2) is 8.42 Å². The minimum absolute atomic E-state index is 0.0736. The van der Waals surface area contributed by atoms with Crippen molar-refractivity contribution in [2.75, 3.05) is 11.1 Å². The van der Waals surface area contributed by atoms with Gasteiger partial charge in [-0.2, -0.15) is 0 Å². The van der Waals surface area contributed by atoms with Crippen molar-refractivity contribution in [2.24, 2.45) is 11.8 Å². The van der Waals surface area contributed by atoms with Gasteiger partial charge in [0, 0.05) is 5.33 Å². The quantitative estimate of drug-likeness (QED) is 0.715. The van der Waals surface area contributed by atoms with E-state index in [1.54, 1.807) is 0 Å². The third-order valence-electron chi connectivity index (χ3n) is 2.82. The molecule has 0 aliphatic heterocycles. The van der Waals surface area contributed by atoms with Gasteiger partial charge in [-0.3, -0.25) is 0 Å². The summed E-state index contributed by atoms with van der Waals surface area (Å²) in [6.07, 6.45) is 0. The molecule has 1 unspecified atom stereocenters. The van der Waals surface area contributed by atoms with Crippen LogP contribution in [0.2, 0.25) is 10.0 Å². The molecule has 1 rings (SSSR count). The highest BCUT2D eigenvalue weighted by Crippen LogP contribution is 2.27. The van der Waals surface area contributed by atoms with E-state index in [-0.39, 0.29) is 21.6 Å². The van der Waals surface area contributed by atoms with Gasteiger partial charge in [-0.15, -0.1) is 0 Å². The molecule has 1 aromatic carbocycles. The van der Waals surface area contributed by atoms with E-state index in [4.69, 9.17) is 23.2 Å². The summed E-state index contributed by atoms with van der Waals surface area (Å²) in [5.41, 5.74) is 0. The van der Waals surface area contributed by atoms with Crippen molar-refractivity contribution < 1.29 is 8.42 Å². The molecule has 0 bridgehead atoms. The van der Waals surface area contributed by atoms with Gasteiger partial charge >= 0.3 is 0 Å². The van der Waals surface area contributed by atoms with Crippen molar-refractivity contribution in [3.63, 3.8) is 0 Å². The highest BCUT2D eigenvalue weighted by Gasteiger charge is 2.23. The molecule has 0 aliphatic rings. The van der Waals surface area contributed by atoms with Gasteiger partial charge in [0.2, 0.25) is 0 Å². The molecule has 0 aliphatic carbocycles. The maximum atomic E-state index is 12.2. The van der Waals surface area contributed by atoms with E-state index >= 15 is 0 Å². The second kappa shape index (κ2) is 6.60. The van der Waals surface area contributed by atoms with Gasteiger partial charge in [0.1, 0.15) is 0 Å². The molecule has 102 valence electrons. The Labute approximate surface area is 127 Å². The molecule has 0 radical (unpaired) electrons. The van der Waals surface area contributed by atoms with Gasteiger partial charge < -0.3 is 0 Å². The predicted molar refractivity (Wildman–Crippen MR) is 80.6 cm³/mol. The Morgan fingerprint density at radius 1 is 1.22 bits per heavy atom. The average molecular weight is 374 g/mol. The lowest BCUT2D eigenvalue weighted by Crippen LogP contribution is -2.22. The summed E-state index contributed by atoms with van der Waals surface area (Å²) in [6.45, 7) is 4.02. The molecule has 0 fully saturated rings. The van der Waals surface area contributed by atoms with E-state index in [0.717, 1.165) is 0 Å². The Bertz CT molecular complexity index is 515. The van der Waals surface area contributed by atoms with Crippen LogP contribution in [0.5, 0.6) is 0 Å². The Morgan fingerprint density at radius 3 is 2.28 bits per heavy atom. The van der Waals surface area contributed by atoms with Gasteiger partial charge in [-0.05, 0) is 30.0 Å². The largest absolute Gasteiger partial charge is 0.224 e. The van der Waals surface area contributed by atoms with E-state index in [1.165, 1.54) is 18.2 Å². The van der Waals surface area contributed by atoms with Crippen molar-refractivity contribution in [3.05, 3.63) is 28.2 Å². The predicted octanol–water partition coefficient (Wildman–Crippen LogP) is 4.43. The summed E-state index contributed by atoms with van der Waals surface area (Å²) >= 11 is 15.0. The SMILES string of the molecule is CC(C)C(CBr)CS(=O)(=O)c1ccc(Cl)c(Cl)c1. The summed E-state index contributed by atoms with van der Waals surface area (Å²) in [6, 6.07) is 4.41. The number of alkyl halides is 1. The van der Waals surface area contributed by atoms with Crippen molar-refractivity contribution in [1.29, 1.82) is 0 Å². The summed E-state index contributed by atoms with van der Waals surface area (Å²) in [5.74, 6) is 0.472. The van der Waals surface area contributed by atoms with Crippen LogP contribution in [-0.4, -0.2) is 19.5 Å².